The Morgan fingerprint density at radius 1 is 1.19 bits per heavy atom. The number of piperidine rings is 1. The molecule has 0 amide bonds. The Hall–Kier alpha value is -2.36. The number of nitro groups is 1. The van der Waals surface area contributed by atoms with Crippen LogP contribution in [0, 0.1) is 21.8 Å². The molecule has 1 fully saturated rings. The Bertz CT molecular complexity index is 918. The van der Waals surface area contributed by atoms with Gasteiger partial charge in [-0.1, -0.05) is 24.3 Å². The van der Waals surface area contributed by atoms with Crippen molar-refractivity contribution in [3.05, 3.63) is 70.0 Å². The number of nitrogens with zero attached hydrogens (tertiary/aromatic N) is 1. The lowest BCUT2D eigenvalue weighted by Crippen LogP contribution is -2.42. The minimum absolute atomic E-state index is 0.0539. The van der Waals surface area contributed by atoms with Gasteiger partial charge in [0.25, 0.3) is 5.69 Å². The van der Waals surface area contributed by atoms with E-state index in [1.807, 2.05) is 0 Å². The minimum atomic E-state index is -4.03. The molecule has 0 bridgehead atoms. The summed E-state index contributed by atoms with van der Waals surface area (Å²) in [6.45, 7) is 1.51. The Kier molecular flexibility index (Phi) is 5.83. The highest BCUT2D eigenvalue weighted by Gasteiger charge is 2.30. The van der Waals surface area contributed by atoms with Crippen molar-refractivity contribution in [2.24, 2.45) is 5.92 Å². The van der Waals surface area contributed by atoms with Crippen LogP contribution in [0.15, 0.2) is 53.4 Å². The normalized spacial score (nSPS) is 20.3. The predicted molar refractivity (Wildman–Crippen MR) is 98.4 cm³/mol. The highest BCUT2D eigenvalue weighted by atomic mass is 32.2. The molecule has 3 rings (SSSR count). The number of halogens is 1. The molecule has 9 heteroatoms. The third kappa shape index (κ3) is 4.49. The van der Waals surface area contributed by atoms with Gasteiger partial charge in [-0.2, -0.15) is 0 Å². The highest BCUT2D eigenvalue weighted by Crippen LogP contribution is 2.31. The van der Waals surface area contributed by atoms with Crippen molar-refractivity contribution in [1.82, 2.24) is 10.0 Å². The van der Waals surface area contributed by atoms with Crippen molar-refractivity contribution < 1.29 is 17.7 Å². The number of hydrogen-bond donors (Lipinski definition) is 2. The number of nitrogens with one attached hydrogen (secondary N) is 2. The van der Waals surface area contributed by atoms with E-state index in [4.69, 9.17) is 0 Å². The largest absolute Gasteiger partial charge is 0.316 e. The summed E-state index contributed by atoms with van der Waals surface area (Å²) in [4.78, 5) is 10.1. The summed E-state index contributed by atoms with van der Waals surface area (Å²) >= 11 is 0. The first-order valence-corrected chi connectivity index (χ1v) is 10.1. The van der Waals surface area contributed by atoms with Crippen molar-refractivity contribution in [2.75, 3.05) is 19.6 Å². The maximum absolute atomic E-state index is 13.2. The van der Waals surface area contributed by atoms with Crippen LogP contribution >= 0.6 is 0 Å². The third-order valence-corrected chi connectivity index (χ3v) is 6.26. The van der Waals surface area contributed by atoms with Crippen molar-refractivity contribution >= 4 is 15.7 Å². The van der Waals surface area contributed by atoms with Crippen LogP contribution in [0.5, 0.6) is 0 Å². The van der Waals surface area contributed by atoms with E-state index in [-0.39, 0.29) is 29.1 Å². The molecule has 1 aliphatic rings. The zero-order valence-corrected chi connectivity index (χ0v) is 15.3. The molecule has 1 heterocycles. The van der Waals surface area contributed by atoms with Crippen LogP contribution in [0.4, 0.5) is 10.1 Å². The van der Waals surface area contributed by atoms with E-state index in [1.165, 1.54) is 30.3 Å². The summed E-state index contributed by atoms with van der Waals surface area (Å²) in [6.07, 6.45) is 0.795. The minimum Gasteiger partial charge on any atom is -0.316 e. The zero-order valence-electron chi connectivity index (χ0n) is 14.5. The first kappa shape index (κ1) is 19.4. The average Bonchev–Trinajstić information content (AvgIpc) is 2.67. The molecule has 0 aliphatic carbocycles. The molecule has 2 atom stereocenters. The van der Waals surface area contributed by atoms with Crippen LogP contribution < -0.4 is 10.0 Å². The number of nitro benzene ring substituents is 1. The number of hydrogen-bond acceptors (Lipinski definition) is 5. The van der Waals surface area contributed by atoms with Gasteiger partial charge in [-0.25, -0.2) is 17.5 Å². The van der Waals surface area contributed by atoms with E-state index in [2.05, 4.69) is 10.0 Å². The van der Waals surface area contributed by atoms with E-state index in [0.717, 1.165) is 24.6 Å². The highest BCUT2D eigenvalue weighted by molar-refractivity contribution is 7.89. The second kappa shape index (κ2) is 8.12. The third-order valence-electron chi connectivity index (χ3n) is 4.79. The topological polar surface area (TPSA) is 101 Å². The molecular formula is C18H20FN3O4S. The Labute approximate surface area is 156 Å². The van der Waals surface area contributed by atoms with Crippen LogP contribution in [0.3, 0.4) is 0 Å². The van der Waals surface area contributed by atoms with Gasteiger partial charge < -0.3 is 5.32 Å². The molecule has 1 aliphatic heterocycles. The lowest BCUT2D eigenvalue weighted by molar-refractivity contribution is -0.387. The molecule has 27 heavy (non-hydrogen) atoms. The molecular weight excluding hydrogens is 373 g/mol. The van der Waals surface area contributed by atoms with Crippen LogP contribution in [-0.4, -0.2) is 33.0 Å². The molecule has 1 saturated heterocycles. The lowest BCUT2D eigenvalue weighted by Gasteiger charge is -2.32. The van der Waals surface area contributed by atoms with Gasteiger partial charge in [-0.3, -0.25) is 10.1 Å². The molecule has 144 valence electrons. The lowest BCUT2D eigenvalue weighted by atomic mass is 9.81. The quantitative estimate of drug-likeness (QED) is 0.580. The Morgan fingerprint density at radius 3 is 2.59 bits per heavy atom. The monoisotopic (exact) mass is 393 g/mol. The molecule has 0 spiro atoms. The molecule has 2 N–H and O–H groups in total. The average molecular weight is 393 g/mol. The number of para-hydroxylation sites is 1. The van der Waals surface area contributed by atoms with Crippen molar-refractivity contribution in [3.63, 3.8) is 0 Å². The summed E-state index contributed by atoms with van der Waals surface area (Å²) in [6, 6.07) is 11.5. The van der Waals surface area contributed by atoms with E-state index in [9.17, 15) is 22.9 Å². The number of rotatable bonds is 6. The van der Waals surface area contributed by atoms with E-state index in [0.29, 0.717) is 6.54 Å². The molecule has 0 unspecified atom stereocenters. The van der Waals surface area contributed by atoms with Crippen molar-refractivity contribution in [3.8, 4) is 0 Å². The SMILES string of the molecule is O=[N+]([O-])c1ccccc1S(=O)(=O)NC[C@@H]1CNCC[C@@H]1c1ccc(F)cc1. The van der Waals surface area contributed by atoms with Crippen molar-refractivity contribution in [1.29, 1.82) is 0 Å². The summed E-state index contributed by atoms with van der Waals surface area (Å²) in [5.74, 6) is -0.302. The van der Waals surface area contributed by atoms with E-state index >= 15 is 0 Å². The van der Waals surface area contributed by atoms with Gasteiger partial charge in [-0.05, 0) is 55.1 Å². The second-order valence-electron chi connectivity index (χ2n) is 6.49. The predicted octanol–water partition coefficient (Wildman–Crippen LogP) is 2.41. The van der Waals surface area contributed by atoms with Gasteiger partial charge in [0.2, 0.25) is 10.0 Å². The van der Waals surface area contributed by atoms with Crippen LogP contribution in [-0.2, 0) is 10.0 Å². The fraction of sp³-hybridized carbons (Fsp3) is 0.333. The van der Waals surface area contributed by atoms with E-state index < -0.39 is 20.6 Å². The molecule has 7 nitrogen and oxygen atoms in total. The molecule has 2 aromatic rings. The maximum Gasteiger partial charge on any atom is 0.289 e. The molecule has 0 aromatic heterocycles. The van der Waals surface area contributed by atoms with Crippen molar-refractivity contribution in [2.45, 2.75) is 17.2 Å². The smallest absolute Gasteiger partial charge is 0.289 e. The first-order chi connectivity index (χ1) is 12.9. The Morgan fingerprint density at radius 2 is 1.89 bits per heavy atom. The number of sulfonamides is 1. The first-order valence-electron chi connectivity index (χ1n) is 8.58. The summed E-state index contributed by atoms with van der Waals surface area (Å²) < 4.78 is 40.9. The van der Waals surface area contributed by atoms with Gasteiger partial charge in [-0.15, -0.1) is 0 Å². The van der Waals surface area contributed by atoms with Gasteiger partial charge in [0.1, 0.15) is 5.82 Å². The van der Waals surface area contributed by atoms with Gasteiger partial charge in [0.05, 0.1) is 4.92 Å². The van der Waals surface area contributed by atoms with E-state index in [1.54, 1.807) is 12.1 Å². The summed E-state index contributed by atoms with van der Waals surface area (Å²) in [7, 11) is -4.03. The van der Waals surface area contributed by atoms with Crippen LogP contribution in [0.25, 0.3) is 0 Å². The number of benzene rings is 2. The van der Waals surface area contributed by atoms with Gasteiger partial charge in [0, 0.05) is 12.6 Å². The summed E-state index contributed by atoms with van der Waals surface area (Å²) in [5.41, 5.74) is 0.495. The molecule has 0 saturated carbocycles. The zero-order chi connectivity index (χ0) is 19.4. The van der Waals surface area contributed by atoms with Gasteiger partial charge >= 0.3 is 0 Å². The summed E-state index contributed by atoms with van der Waals surface area (Å²) in [5, 5.41) is 14.3. The van der Waals surface area contributed by atoms with Crippen LogP contribution in [0.2, 0.25) is 0 Å². The molecule has 0 radical (unpaired) electrons. The fourth-order valence-electron chi connectivity index (χ4n) is 3.42. The second-order valence-corrected chi connectivity index (χ2v) is 8.22. The van der Waals surface area contributed by atoms with Gasteiger partial charge in [0.15, 0.2) is 4.90 Å². The standard InChI is InChI=1S/C18H20FN3O4S/c19-15-7-5-13(6-8-15)16-9-10-20-11-14(16)12-21-27(25,26)18-4-2-1-3-17(18)22(23)24/h1-8,14,16,20-21H,9-12H2/t14-,16+/m0/s1. The van der Waals surface area contributed by atoms with Crippen LogP contribution in [0.1, 0.15) is 17.9 Å². The molecule has 2 aromatic carbocycles. The fourth-order valence-corrected chi connectivity index (χ4v) is 4.68. The maximum atomic E-state index is 13.2. The Balaban J connectivity index is 1.77.